The first-order chi connectivity index (χ1) is 14.8. The van der Waals surface area contributed by atoms with Crippen LogP contribution in [0.25, 0.3) is 10.9 Å². The average molecular weight is 394 g/mol. The van der Waals surface area contributed by atoms with E-state index in [2.05, 4.69) is 30.8 Å². The van der Waals surface area contributed by atoms with Crippen molar-refractivity contribution in [3.63, 3.8) is 0 Å². The van der Waals surface area contributed by atoms with Crippen LogP contribution in [0.5, 0.6) is 11.5 Å². The van der Waals surface area contributed by atoms with Crippen molar-refractivity contribution in [1.82, 2.24) is 20.2 Å². The van der Waals surface area contributed by atoms with E-state index in [9.17, 15) is 0 Å². The summed E-state index contributed by atoms with van der Waals surface area (Å²) < 4.78 is 5.82. The minimum atomic E-state index is 0.503. The van der Waals surface area contributed by atoms with Gasteiger partial charge in [-0.15, -0.1) is 0 Å². The fourth-order valence-electron chi connectivity index (χ4n) is 3.01. The first-order valence-corrected chi connectivity index (χ1v) is 9.45. The standard InChI is InChI=1S/C23H18N6O/c1-2-4-19(5-3-1)30-20-10-8-17(9-11-20)26-22-12-13-24-23(28-22)27-18-7-6-16-15-25-29-21(16)14-18/h1-15H,(H,25,29)(H2,24,26,27,28). The highest BCUT2D eigenvalue weighted by molar-refractivity contribution is 5.82. The zero-order valence-corrected chi connectivity index (χ0v) is 15.9. The molecule has 2 aromatic heterocycles. The lowest BCUT2D eigenvalue weighted by Crippen LogP contribution is -2.00. The number of nitrogens with one attached hydrogen (secondary N) is 3. The van der Waals surface area contributed by atoms with E-state index in [1.165, 1.54) is 0 Å². The lowest BCUT2D eigenvalue weighted by molar-refractivity contribution is 0.483. The van der Waals surface area contributed by atoms with Crippen LogP contribution in [0.1, 0.15) is 0 Å². The van der Waals surface area contributed by atoms with Gasteiger partial charge in [-0.3, -0.25) is 5.10 Å². The molecule has 0 aliphatic rings. The highest BCUT2D eigenvalue weighted by Crippen LogP contribution is 2.24. The van der Waals surface area contributed by atoms with E-state index in [-0.39, 0.29) is 0 Å². The second kappa shape index (κ2) is 7.92. The van der Waals surface area contributed by atoms with Crippen LogP contribution >= 0.6 is 0 Å². The Hall–Kier alpha value is -4.39. The number of hydrogen-bond donors (Lipinski definition) is 3. The third-order valence-corrected chi connectivity index (χ3v) is 4.46. The number of H-pyrrole nitrogens is 1. The van der Waals surface area contributed by atoms with Gasteiger partial charge in [0.15, 0.2) is 0 Å². The van der Waals surface area contributed by atoms with Crippen molar-refractivity contribution in [2.45, 2.75) is 0 Å². The van der Waals surface area contributed by atoms with Crippen LogP contribution in [-0.2, 0) is 0 Å². The van der Waals surface area contributed by atoms with Gasteiger partial charge in [0.05, 0.1) is 11.7 Å². The van der Waals surface area contributed by atoms with Gasteiger partial charge in [-0.2, -0.15) is 10.1 Å². The van der Waals surface area contributed by atoms with Crippen LogP contribution in [0.2, 0.25) is 0 Å². The molecule has 2 heterocycles. The summed E-state index contributed by atoms with van der Waals surface area (Å²) in [5.41, 5.74) is 2.73. The summed E-state index contributed by atoms with van der Waals surface area (Å²) >= 11 is 0. The van der Waals surface area contributed by atoms with Gasteiger partial charge in [-0.1, -0.05) is 18.2 Å². The molecule has 3 aromatic carbocycles. The Kier molecular flexibility index (Phi) is 4.67. The van der Waals surface area contributed by atoms with Crippen molar-refractivity contribution in [2.75, 3.05) is 10.6 Å². The smallest absolute Gasteiger partial charge is 0.229 e. The first kappa shape index (κ1) is 17.7. The maximum Gasteiger partial charge on any atom is 0.229 e. The molecule has 0 amide bonds. The molecule has 7 nitrogen and oxygen atoms in total. The molecule has 0 saturated carbocycles. The molecule has 0 bridgehead atoms. The fraction of sp³-hybridized carbons (Fsp3) is 0. The molecule has 0 atom stereocenters. The Morgan fingerprint density at radius 3 is 2.43 bits per heavy atom. The molecule has 5 aromatic rings. The summed E-state index contributed by atoms with van der Waals surface area (Å²) in [6, 6.07) is 25.1. The first-order valence-electron chi connectivity index (χ1n) is 9.45. The Morgan fingerprint density at radius 1 is 0.767 bits per heavy atom. The van der Waals surface area contributed by atoms with E-state index >= 15 is 0 Å². The predicted molar refractivity (Wildman–Crippen MR) is 118 cm³/mol. The quantitative estimate of drug-likeness (QED) is 0.346. The number of ether oxygens (including phenoxy) is 1. The monoisotopic (exact) mass is 394 g/mol. The van der Waals surface area contributed by atoms with Gasteiger partial charge in [-0.05, 0) is 60.7 Å². The largest absolute Gasteiger partial charge is 0.457 e. The summed E-state index contributed by atoms with van der Waals surface area (Å²) in [5.74, 6) is 2.76. The molecular formula is C23H18N6O. The summed E-state index contributed by atoms with van der Waals surface area (Å²) in [5, 5.41) is 14.5. The minimum Gasteiger partial charge on any atom is -0.457 e. The van der Waals surface area contributed by atoms with Crippen molar-refractivity contribution >= 4 is 34.0 Å². The topological polar surface area (TPSA) is 87.8 Å². The van der Waals surface area contributed by atoms with Crippen molar-refractivity contribution in [3.8, 4) is 11.5 Å². The number of benzene rings is 3. The van der Waals surface area contributed by atoms with Crippen molar-refractivity contribution in [2.24, 2.45) is 0 Å². The molecule has 0 fully saturated rings. The second-order valence-electron chi connectivity index (χ2n) is 6.63. The number of rotatable bonds is 6. The molecule has 0 radical (unpaired) electrons. The van der Waals surface area contributed by atoms with Gasteiger partial charge < -0.3 is 15.4 Å². The van der Waals surface area contributed by atoms with E-state index < -0.39 is 0 Å². The Morgan fingerprint density at radius 2 is 1.57 bits per heavy atom. The Labute approximate surface area is 172 Å². The van der Waals surface area contributed by atoms with Gasteiger partial charge in [0.25, 0.3) is 0 Å². The molecule has 0 saturated heterocycles. The zero-order valence-electron chi connectivity index (χ0n) is 15.9. The summed E-state index contributed by atoms with van der Waals surface area (Å²) in [7, 11) is 0. The van der Waals surface area contributed by atoms with Crippen molar-refractivity contribution in [1.29, 1.82) is 0 Å². The summed E-state index contributed by atoms with van der Waals surface area (Å²) in [4.78, 5) is 8.83. The highest BCUT2D eigenvalue weighted by Gasteiger charge is 2.04. The number of aromatic nitrogens is 4. The predicted octanol–water partition coefficient (Wildman–Crippen LogP) is 5.63. The molecule has 0 spiro atoms. The second-order valence-corrected chi connectivity index (χ2v) is 6.63. The third kappa shape index (κ3) is 4.05. The molecule has 0 aliphatic carbocycles. The van der Waals surface area contributed by atoms with Gasteiger partial charge in [-0.25, -0.2) is 4.98 Å². The molecule has 30 heavy (non-hydrogen) atoms. The van der Waals surface area contributed by atoms with Crippen molar-refractivity contribution in [3.05, 3.63) is 91.3 Å². The van der Waals surface area contributed by atoms with Gasteiger partial charge in [0.1, 0.15) is 17.3 Å². The number of fused-ring (bicyclic) bond motifs is 1. The van der Waals surface area contributed by atoms with Crippen LogP contribution in [0.3, 0.4) is 0 Å². The third-order valence-electron chi connectivity index (χ3n) is 4.46. The Balaban J connectivity index is 1.27. The van der Waals surface area contributed by atoms with E-state index in [4.69, 9.17) is 4.74 Å². The fourth-order valence-corrected chi connectivity index (χ4v) is 3.01. The molecule has 146 valence electrons. The average Bonchev–Trinajstić information content (AvgIpc) is 3.24. The maximum atomic E-state index is 5.82. The number of para-hydroxylation sites is 1. The van der Waals surface area contributed by atoms with Crippen molar-refractivity contribution < 1.29 is 4.74 Å². The van der Waals surface area contributed by atoms with E-state index in [0.29, 0.717) is 11.8 Å². The number of nitrogens with zero attached hydrogens (tertiary/aromatic N) is 3. The van der Waals surface area contributed by atoms with Gasteiger partial charge >= 0.3 is 0 Å². The van der Waals surface area contributed by atoms with Crippen LogP contribution in [0, 0.1) is 0 Å². The van der Waals surface area contributed by atoms with Crippen LogP contribution in [-0.4, -0.2) is 20.2 Å². The number of anilines is 4. The van der Waals surface area contributed by atoms with Gasteiger partial charge in [0, 0.05) is 23.0 Å². The Bertz CT molecular complexity index is 1270. The molecular weight excluding hydrogens is 376 g/mol. The highest BCUT2D eigenvalue weighted by atomic mass is 16.5. The molecule has 3 N–H and O–H groups in total. The van der Waals surface area contributed by atoms with Gasteiger partial charge in [0.2, 0.25) is 5.95 Å². The molecule has 7 heteroatoms. The lowest BCUT2D eigenvalue weighted by Gasteiger charge is -2.10. The van der Waals surface area contributed by atoms with Crippen LogP contribution in [0.15, 0.2) is 91.3 Å². The molecule has 5 rings (SSSR count). The number of aromatic amines is 1. The van der Waals surface area contributed by atoms with E-state index in [0.717, 1.165) is 33.8 Å². The normalized spacial score (nSPS) is 10.7. The maximum absolute atomic E-state index is 5.82. The number of hydrogen-bond acceptors (Lipinski definition) is 6. The summed E-state index contributed by atoms with van der Waals surface area (Å²) in [6.45, 7) is 0. The molecule has 0 unspecified atom stereocenters. The van der Waals surface area contributed by atoms with E-state index in [1.54, 1.807) is 12.4 Å². The SMILES string of the molecule is c1ccc(Oc2ccc(Nc3ccnc(Nc4ccc5cn[nH]c5c4)n3)cc2)cc1. The molecule has 0 aliphatic heterocycles. The van der Waals surface area contributed by atoms with Crippen LogP contribution in [0.4, 0.5) is 23.1 Å². The van der Waals surface area contributed by atoms with E-state index in [1.807, 2.05) is 78.9 Å². The summed E-state index contributed by atoms with van der Waals surface area (Å²) in [6.07, 6.45) is 3.50. The zero-order chi connectivity index (χ0) is 20.2. The minimum absolute atomic E-state index is 0.503. The lowest BCUT2D eigenvalue weighted by atomic mass is 10.2. The van der Waals surface area contributed by atoms with Crippen LogP contribution < -0.4 is 15.4 Å².